The number of nitrogens with one attached hydrogen (secondary N) is 1. The molecule has 1 fully saturated rings. The van der Waals surface area contributed by atoms with E-state index in [1.54, 1.807) is 0 Å². The van der Waals surface area contributed by atoms with Crippen LogP contribution in [0, 0.1) is 11.7 Å². The summed E-state index contributed by atoms with van der Waals surface area (Å²) < 4.78 is 12.9. The van der Waals surface area contributed by atoms with Crippen molar-refractivity contribution in [3.63, 3.8) is 0 Å². The molecule has 1 aliphatic heterocycles. The molecule has 0 saturated carbocycles. The number of thioether (sulfide) groups is 1. The average Bonchev–Trinajstić information content (AvgIpc) is 2.75. The Labute approximate surface area is 137 Å². The van der Waals surface area contributed by atoms with E-state index in [2.05, 4.69) is 5.32 Å². The van der Waals surface area contributed by atoms with E-state index in [4.69, 9.17) is 0 Å². The molecule has 2 rings (SSSR count). The van der Waals surface area contributed by atoms with Gasteiger partial charge in [-0.3, -0.25) is 19.3 Å². The Bertz CT molecular complexity index is 656. The van der Waals surface area contributed by atoms with Crippen molar-refractivity contribution in [1.29, 1.82) is 0 Å². The minimum absolute atomic E-state index is 0.221. The number of benzene rings is 1. The average molecular weight is 336 g/mol. The fraction of sp³-hybridized carbons (Fsp3) is 0.312. The first kappa shape index (κ1) is 17.2. The van der Waals surface area contributed by atoms with Crippen LogP contribution < -0.4 is 5.32 Å². The lowest BCUT2D eigenvalue weighted by atomic mass is 10.2. The molecule has 122 valence electrons. The number of amides is 3. The molecule has 1 aromatic rings. The molecule has 1 aromatic carbocycles. The van der Waals surface area contributed by atoms with E-state index in [9.17, 15) is 18.8 Å². The molecule has 0 bridgehead atoms. The second kappa shape index (κ2) is 7.41. The van der Waals surface area contributed by atoms with Gasteiger partial charge in [0.05, 0.1) is 4.91 Å². The van der Waals surface area contributed by atoms with Crippen molar-refractivity contribution in [2.45, 2.75) is 13.8 Å². The zero-order valence-electron chi connectivity index (χ0n) is 12.8. The standard InChI is InChI=1S/C16H17FN2O3S/c1-10(2)8-18-14(20)9-19-15(21)13(23-16(19)22)7-11-3-5-12(17)6-4-11/h3-7,10H,8-9H2,1-2H3,(H,18,20)/b13-7-. The molecule has 1 heterocycles. The van der Waals surface area contributed by atoms with Gasteiger partial charge in [0.25, 0.3) is 11.1 Å². The highest BCUT2D eigenvalue weighted by Gasteiger charge is 2.36. The van der Waals surface area contributed by atoms with E-state index in [1.165, 1.54) is 30.3 Å². The highest BCUT2D eigenvalue weighted by molar-refractivity contribution is 8.18. The lowest BCUT2D eigenvalue weighted by Crippen LogP contribution is -2.40. The Morgan fingerprint density at radius 3 is 2.57 bits per heavy atom. The molecule has 1 saturated heterocycles. The van der Waals surface area contributed by atoms with Crippen LogP contribution in [0.4, 0.5) is 9.18 Å². The van der Waals surface area contributed by atoms with Crippen LogP contribution in [0.25, 0.3) is 6.08 Å². The molecule has 0 spiro atoms. The van der Waals surface area contributed by atoms with Gasteiger partial charge in [0.15, 0.2) is 0 Å². The van der Waals surface area contributed by atoms with Gasteiger partial charge in [0.2, 0.25) is 5.91 Å². The van der Waals surface area contributed by atoms with Gasteiger partial charge in [-0.1, -0.05) is 26.0 Å². The van der Waals surface area contributed by atoms with Crippen molar-refractivity contribution in [2.24, 2.45) is 5.92 Å². The summed E-state index contributed by atoms with van der Waals surface area (Å²) in [5, 5.41) is 2.18. The zero-order valence-corrected chi connectivity index (χ0v) is 13.7. The molecule has 5 nitrogen and oxygen atoms in total. The number of hydrogen-bond donors (Lipinski definition) is 1. The second-order valence-electron chi connectivity index (χ2n) is 5.52. The van der Waals surface area contributed by atoms with Gasteiger partial charge in [-0.15, -0.1) is 0 Å². The van der Waals surface area contributed by atoms with Crippen molar-refractivity contribution in [3.8, 4) is 0 Å². The summed E-state index contributed by atoms with van der Waals surface area (Å²) in [4.78, 5) is 37.0. The van der Waals surface area contributed by atoms with E-state index < -0.39 is 11.1 Å². The van der Waals surface area contributed by atoms with E-state index in [0.29, 0.717) is 12.1 Å². The lowest BCUT2D eigenvalue weighted by Gasteiger charge is -2.13. The Hall–Kier alpha value is -2.15. The predicted octanol–water partition coefficient (Wildman–Crippen LogP) is 2.63. The summed E-state index contributed by atoms with van der Waals surface area (Å²) in [6.07, 6.45) is 1.51. The summed E-state index contributed by atoms with van der Waals surface area (Å²) in [6, 6.07) is 5.57. The van der Waals surface area contributed by atoms with Crippen LogP contribution in [0.3, 0.4) is 0 Å². The first-order valence-corrected chi connectivity index (χ1v) is 7.96. The molecule has 0 radical (unpaired) electrons. The number of hydrogen-bond acceptors (Lipinski definition) is 4. The fourth-order valence-corrected chi connectivity index (χ4v) is 2.70. The van der Waals surface area contributed by atoms with Crippen molar-refractivity contribution in [1.82, 2.24) is 10.2 Å². The number of carbonyl (C=O) groups is 3. The van der Waals surface area contributed by atoms with Crippen LogP contribution >= 0.6 is 11.8 Å². The van der Waals surface area contributed by atoms with Crippen molar-refractivity contribution in [2.75, 3.05) is 13.1 Å². The summed E-state index contributed by atoms with van der Waals surface area (Å²) in [7, 11) is 0. The molecule has 0 atom stereocenters. The molecule has 0 aromatic heterocycles. The maximum absolute atomic E-state index is 12.9. The molecular formula is C16H17FN2O3S. The Kier molecular flexibility index (Phi) is 5.54. The first-order chi connectivity index (χ1) is 10.9. The highest BCUT2D eigenvalue weighted by atomic mass is 32.2. The Morgan fingerprint density at radius 1 is 1.30 bits per heavy atom. The van der Waals surface area contributed by atoms with E-state index in [0.717, 1.165) is 16.7 Å². The van der Waals surface area contributed by atoms with E-state index in [1.807, 2.05) is 13.8 Å². The zero-order chi connectivity index (χ0) is 17.0. The molecule has 1 aliphatic rings. The molecule has 0 aliphatic carbocycles. The van der Waals surface area contributed by atoms with Crippen molar-refractivity contribution >= 4 is 34.9 Å². The predicted molar refractivity (Wildman–Crippen MR) is 86.9 cm³/mol. The van der Waals surface area contributed by atoms with Gasteiger partial charge in [0.1, 0.15) is 12.4 Å². The topological polar surface area (TPSA) is 66.5 Å². The van der Waals surface area contributed by atoms with E-state index in [-0.39, 0.29) is 29.1 Å². The number of nitrogens with zero attached hydrogens (tertiary/aromatic N) is 1. The third-order valence-electron chi connectivity index (χ3n) is 3.05. The number of carbonyl (C=O) groups excluding carboxylic acids is 3. The van der Waals surface area contributed by atoms with Gasteiger partial charge in [-0.2, -0.15) is 0 Å². The quantitative estimate of drug-likeness (QED) is 0.840. The summed E-state index contributed by atoms with van der Waals surface area (Å²) in [5.74, 6) is -0.975. The van der Waals surface area contributed by atoms with Crippen LogP contribution in [-0.4, -0.2) is 35.0 Å². The van der Waals surface area contributed by atoms with Gasteiger partial charge in [-0.05, 0) is 41.5 Å². The molecule has 3 amide bonds. The van der Waals surface area contributed by atoms with Crippen molar-refractivity contribution < 1.29 is 18.8 Å². The molecule has 1 N–H and O–H groups in total. The summed E-state index contributed by atoms with van der Waals surface area (Å²) >= 11 is 0.772. The second-order valence-corrected chi connectivity index (χ2v) is 6.51. The lowest BCUT2D eigenvalue weighted by molar-refractivity contribution is -0.129. The number of imide groups is 1. The van der Waals surface area contributed by atoms with E-state index >= 15 is 0 Å². The number of halogens is 1. The third kappa shape index (κ3) is 4.66. The maximum Gasteiger partial charge on any atom is 0.294 e. The third-order valence-corrected chi connectivity index (χ3v) is 3.96. The van der Waals surface area contributed by atoms with Crippen LogP contribution in [0.5, 0.6) is 0 Å². The van der Waals surface area contributed by atoms with Crippen molar-refractivity contribution in [3.05, 3.63) is 40.6 Å². The Balaban J connectivity index is 2.04. The van der Waals surface area contributed by atoms with Gasteiger partial charge >= 0.3 is 0 Å². The van der Waals surface area contributed by atoms with Gasteiger partial charge < -0.3 is 5.32 Å². The molecular weight excluding hydrogens is 319 g/mol. The fourth-order valence-electron chi connectivity index (χ4n) is 1.86. The minimum atomic E-state index is -0.510. The molecule has 23 heavy (non-hydrogen) atoms. The first-order valence-electron chi connectivity index (χ1n) is 7.14. The normalized spacial score (nSPS) is 16.5. The van der Waals surface area contributed by atoms with Crippen LogP contribution in [-0.2, 0) is 9.59 Å². The Morgan fingerprint density at radius 2 is 1.96 bits per heavy atom. The number of rotatable bonds is 5. The van der Waals surface area contributed by atoms with Crippen LogP contribution in [0.1, 0.15) is 19.4 Å². The van der Waals surface area contributed by atoms with Crippen LogP contribution in [0.15, 0.2) is 29.2 Å². The molecule has 7 heteroatoms. The summed E-state index contributed by atoms with van der Waals surface area (Å²) in [6.45, 7) is 4.09. The summed E-state index contributed by atoms with van der Waals surface area (Å²) in [5.41, 5.74) is 0.612. The molecule has 0 unspecified atom stereocenters. The van der Waals surface area contributed by atoms with Crippen LogP contribution in [0.2, 0.25) is 0 Å². The SMILES string of the molecule is CC(C)CNC(=O)CN1C(=O)S/C(=C\c2ccc(F)cc2)C1=O. The minimum Gasteiger partial charge on any atom is -0.354 e. The van der Waals surface area contributed by atoms with Gasteiger partial charge in [-0.25, -0.2) is 4.39 Å². The monoisotopic (exact) mass is 336 g/mol. The smallest absolute Gasteiger partial charge is 0.294 e. The maximum atomic E-state index is 12.9. The largest absolute Gasteiger partial charge is 0.354 e. The van der Waals surface area contributed by atoms with Gasteiger partial charge in [0, 0.05) is 6.54 Å². The highest BCUT2D eigenvalue weighted by Crippen LogP contribution is 2.31.